The number of fused-ring (bicyclic) bond motifs is 1. The van der Waals surface area contributed by atoms with Gasteiger partial charge in [-0.2, -0.15) is 5.10 Å². The zero-order valence-electron chi connectivity index (χ0n) is 19.9. The maximum absolute atomic E-state index is 14.7. The molecule has 0 saturated carbocycles. The average Bonchev–Trinajstić information content (AvgIpc) is 3.28. The topological polar surface area (TPSA) is 107 Å². The minimum absolute atomic E-state index is 0.0372. The first kappa shape index (κ1) is 23.7. The first-order valence-corrected chi connectivity index (χ1v) is 11.8. The molecule has 0 aliphatic carbocycles. The fraction of sp³-hybridized carbons (Fsp3) is 0.308. The van der Waals surface area contributed by atoms with Gasteiger partial charge in [0, 0.05) is 43.3 Å². The maximum atomic E-state index is 14.7. The molecule has 184 valence electrons. The van der Waals surface area contributed by atoms with E-state index in [1.54, 1.807) is 23.9 Å². The highest BCUT2D eigenvalue weighted by Crippen LogP contribution is 2.33. The van der Waals surface area contributed by atoms with E-state index in [-0.39, 0.29) is 23.9 Å². The summed E-state index contributed by atoms with van der Waals surface area (Å²) in [5.41, 5.74) is 8.17. The second-order valence-corrected chi connectivity index (χ2v) is 8.99. The highest BCUT2D eigenvalue weighted by molar-refractivity contribution is 5.88. The smallest absolute Gasteiger partial charge is 0.263 e. The molecule has 0 atom stereocenters. The Labute approximate surface area is 207 Å². The van der Waals surface area contributed by atoms with Crippen LogP contribution in [-0.4, -0.2) is 50.2 Å². The first-order valence-electron chi connectivity index (χ1n) is 11.8. The molecular formula is C26H26FN7O2. The van der Waals surface area contributed by atoms with Gasteiger partial charge in [0.05, 0.1) is 36.5 Å². The number of aromatic nitrogens is 4. The molecule has 4 aromatic rings. The Morgan fingerprint density at radius 1 is 1.19 bits per heavy atom. The standard InChI is InChI=1S/C26H26FN7O2/c1-29-22-6-4-17(14-20(22)27)24-23(16-3-5-21-18(13-16)15-34(31-21)11-12-35)25(36)32(2)26(30-24)33-9-7-19(28)8-10-33/h3-6,13-15,19,35H,7-12,28H2,2H3. The van der Waals surface area contributed by atoms with Crippen LogP contribution in [-0.2, 0) is 13.6 Å². The molecule has 2 aromatic carbocycles. The van der Waals surface area contributed by atoms with E-state index in [4.69, 9.17) is 17.3 Å². The predicted molar refractivity (Wildman–Crippen MR) is 136 cm³/mol. The van der Waals surface area contributed by atoms with Crippen molar-refractivity contribution in [2.75, 3.05) is 24.6 Å². The largest absolute Gasteiger partial charge is 0.394 e. The maximum Gasteiger partial charge on any atom is 0.263 e. The van der Waals surface area contributed by atoms with Crippen LogP contribution in [0.1, 0.15) is 12.8 Å². The molecule has 0 spiro atoms. The molecule has 0 amide bonds. The van der Waals surface area contributed by atoms with Crippen molar-refractivity contribution >= 4 is 22.5 Å². The minimum atomic E-state index is -0.665. The van der Waals surface area contributed by atoms with Crippen molar-refractivity contribution in [2.24, 2.45) is 12.8 Å². The fourth-order valence-electron chi connectivity index (χ4n) is 4.64. The molecule has 9 nitrogen and oxygen atoms in total. The van der Waals surface area contributed by atoms with E-state index in [1.807, 2.05) is 23.2 Å². The summed E-state index contributed by atoms with van der Waals surface area (Å²) in [6.45, 7) is 8.83. The van der Waals surface area contributed by atoms with E-state index < -0.39 is 5.82 Å². The van der Waals surface area contributed by atoms with Gasteiger partial charge in [-0.3, -0.25) is 14.0 Å². The molecule has 0 unspecified atom stereocenters. The van der Waals surface area contributed by atoms with Crippen LogP contribution in [0.25, 0.3) is 38.1 Å². The number of rotatable bonds is 5. The SMILES string of the molecule is [C-]#[N+]c1ccc(-c2nc(N3CCC(N)CC3)n(C)c(=O)c2-c2ccc3nn(CCO)cc3c2)cc1F. The van der Waals surface area contributed by atoms with Gasteiger partial charge in [-0.25, -0.2) is 14.2 Å². The van der Waals surface area contributed by atoms with Crippen molar-refractivity contribution in [1.82, 2.24) is 19.3 Å². The number of aliphatic hydroxyl groups excluding tert-OH is 1. The quantitative estimate of drug-likeness (QED) is 0.419. The van der Waals surface area contributed by atoms with Crippen molar-refractivity contribution < 1.29 is 9.50 Å². The van der Waals surface area contributed by atoms with Crippen LogP contribution < -0.4 is 16.2 Å². The molecule has 2 aromatic heterocycles. The summed E-state index contributed by atoms with van der Waals surface area (Å²) in [4.78, 5) is 23.9. The lowest BCUT2D eigenvalue weighted by molar-refractivity contribution is 0.270. The number of aliphatic hydroxyl groups is 1. The van der Waals surface area contributed by atoms with E-state index in [1.165, 1.54) is 16.7 Å². The van der Waals surface area contributed by atoms with Gasteiger partial charge < -0.3 is 15.7 Å². The van der Waals surface area contributed by atoms with Gasteiger partial charge in [0.1, 0.15) is 5.82 Å². The monoisotopic (exact) mass is 487 g/mol. The van der Waals surface area contributed by atoms with Crippen LogP contribution in [0.15, 0.2) is 47.4 Å². The Balaban J connectivity index is 1.72. The summed E-state index contributed by atoms with van der Waals surface area (Å²) in [5, 5.41) is 14.5. The Morgan fingerprint density at radius 3 is 2.64 bits per heavy atom. The van der Waals surface area contributed by atoms with Crippen molar-refractivity contribution in [2.45, 2.75) is 25.4 Å². The average molecular weight is 488 g/mol. The number of benzene rings is 2. The van der Waals surface area contributed by atoms with Crippen LogP contribution in [0.3, 0.4) is 0 Å². The molecule has 1 fully saturated rings. The van der Waals surface area contributed by atoms with Crippen molar-refractivity contribution in [3.8, 4) is 22.4 Å². The van der Waals surface area contributed by atoms with Gasteiger partial charge in [0.2, 0.25) is 11.6 Å². The number of nitrogens with zero attached hydrogens (tertiary/aromatic N) is 6. The predicted octanol–water partition coefficient (Wildman–Crippen LogP) is 3.07. The number of nitrogens with two attached hydrogens (primary N) is 1. The van der Waals surface area contributed by atoms with Crippen LogP contribution in [0.4, 0.5) is 16.0 Å². The number of piperidine rings is 1. The van der Waals surface area contributed by atoms with Crippen molar-refractivity contribution in [1.29, 1.82) is 0 Å². The Morgan fingerprint density at radius 2 is 1.94 bits per heavy atom. The number of halogens is 1. The number of hydrogen-bond donors (Lipinski definition) is 2. The lowest BCUT2D eigenvalue weighted by Crippen LogP contribution is -2.42. The third-order valence-corrected chi connectivity index (χ3v) is 6.60. The van der Waals surface area contributed by atoms with E-state index in [0.29, 0.717) is 48.0 Å². The van der Waals surface area contributed by atoms with Gasteiger partial charge >= 0.3 is 0 Å². The Bertz CT molecular complexity index is 1540. The van der Waals surface area contributed by atoms with E-state index in [9.17, 15) is 14.3 Å². The molecule has 10 heteroatoms. The molecule has 1 aliphatic heterocycles. The molecule has 0 radical (unpaired) electrons. The Hall–Kier alpha value is -4.07. The van der Waals surface area contributed by atoms with Gasteiger partial charge in [0.25, 0.3) is 5.56 Å². The second-order valence-electron chi connectivity index (χ2n) is 8.99. The molecule has 3 heterocycles. The van der Waals surface area contributed by atoms with Gasteiger partial charge in [-0.05, 0) is 36.6 Å². The highest BCUT2D eigenvalue weighted by Gasteiger charge is 2.24. The van der Waals surface area contributed by atoms with Crippen molar-refractivity contribution in [3.63, 3.8) is 0 Å². The van der Waals surface area contributed by atoms with Gasteiger partial charge in [0.15, 0.2) is 0 Å². The number of hydrogen-bond acceptors (Lipinski definition) is 6. The van der Waals surface area contributed by atoms with Gasteiger partial charge in [-0.1, -0.05) is 18.2 Å². The summed E-state index contributed by atoms with van der Waals surface area (Å²) in [5.74, 6) is -0.167. The molecule has 5 rings (SSSR count). The summed E-state index contributed by atoms with van der Waals surface area (Å²) in [6, 6.07) is 9.85. The van der Waals surface area contributed by atoms with E-state index in [0.717, 1.165) is 23.7 Å². The van der Waals surface area contributed by atoms with Crippen LogP contribution in [0.2, 0.25) is 0 Å². The number of anilines is 1. The zero-order valence-corrected chi connectivity index (χ0v) is 19.9. The van der Waals surface area contributed by atoms with E-state index >= 15 is 0 Å². The van der Waals surface area contributed by atoms with Crippen LogP contribution >= 0.6 is 0 Å². The molecule has 3 N–H and O–H groups in total. The molecular weight excluding hydrogens is 461 g/mol. The molecule has 1 aliphatic rings. The first-order chi connectivity index (χ1) is 17.4. The fourth-order valence-corrected chi connectivity index (χ4v) is 4.64. The summed E-state index contributed by atoms with van der Waals surface area (Å²) < 4.78 is 17.8. The lowest BCUT2D eigenvalue weighted by Gasteiger charge is -2.32. The van der Waals surface area contributed by atoms with E-state index in [2.05, 4.69) is 9.94 Å². The molecule has 0 bridgehead atoms. The summed E-state index contributed by atoms with van der Waals surface area (Å²) >= 11 is 0. The van der Waals surface area contributed by atoms with Gasteiger partial charge in [-0.15, -0.1) is 0 Å². The Kier molecular flexibility index (Phi) is 6.26. The third kappa shape index (κ3) is 4.23. The summed E-state index contributed by atoms with van der Waals surface area (Å²) in [6.07, 6.45) is 3.38. The van der Waals surface area contributed by atoms with Crippen molar-refractivity contribution in [3.05, 3.63) is 70.2 Å². The van der Waals surface area contributed by atoms with Crippen LogP contribution in [0, 0.1) is 12.4 Å². The zero-order chi connectivity index (χ0) is 25.4. The molecule has 36 heavy (non-hydrogen) atoms. The second kappa shape index (κ2) is 9.53. The molecule has 1 saturated heterocycles. The third-order valence-electron chi connectivity index (χ3n) is 6.60. The lowest BCUT2D eigenvalue weighted by atomic mass is 9.99. The highest BCUT2D eigenvalue weighted by atomic mass is 19.1. The normalized spacial score (nSPS) is 14.4. The van der Waals surface area contributed by atoms with Crippen LogP contribution in [0.5, 0.6) is 0 Å². The minimum Gasteiger partial charge on any atom is -0.394 e. The summed E-state index contributed by atoms with van der Waals surface area (Å²) in [7, 11) is 1.69.